The number of esters is 1. The summed E-state index contributed by atoms with van der Waals surface area (Å²) in [6, 6.07) is 20.5. The van der Waals surface area contributed by atoms with Gasteiger partial charge in [0.25, 0.3) is 11.2 Å². The lowest BCUT2D eigenvalue weighted by Gasteiger charge is -2.25. The molecule has 1 aliphatic heterocycles. The summed E-state index contributed by atoms with van der Waals surface area (Å²) in [4.78, 5) is 44.8. The zero-order chi connectivity index (χ0) is 30.7. The minimum Gasteiger partial charge on any atom is -0.488 e. The van der Waals surface area contributed by atoms with Gasteiger partial charge in [0.1, 0.15) is 12.4 Å². The van der Waals surface area contributed by atoms with Gasteiger partial charge in [0.15, 0.2) is 4.80 Å². The molecule has 0 bridgehead atoms. The largest absolute Gasteiger partial charge is 0.488 e. The lowest BCUT2D eigenvalue weighted by Crippen LogP contribution is -2.40. The number of allylic oxidation sites excluding steroid dienone is 1. The van der Waals surface area contributed by atoms with Crippen LogP contribution in [0.3, 0.4) is 0 Å². The van der Waals surface area contributed by atoms with Gasteiger partial charge in [-0.05, 0) is 61.4 Å². The smallest absolute Gasteiger partial charge is 0.338 e. The number of carbonyl (C=O) groups is 1. The van der Waals surface area contributed by atoms with E-state index in [4.69, 9.17) is 9.47 Å². The van der Waals surface area contributed by atoms with Gasteiger partial charge in [-0.3, -0.25) is 19.5 Å². The molecule has 220 valence electrons. The minimum atomic E-state index is -0.706. The molecule has 1 aromatic heterocycles. The monoisotopic (exact) mass is 598 g/mol. The molecular weight excluding hydrogens is 568 g/mol. The van der Waals surface area contributed by atoms with Gasteiger partial charge >= 0.3 is 5.97 Å². The molecular formula is C32H30N4O6S. The Labute approximate surface area is 251 Å². The van der Waals surface area contributed by atoms with Crippen LogP contribution >= 0.6 is 11.3 Å². The van der Waals surface area contributed by atoms with Crippen molar-refractivity contribution in [3.8, 4) is 5.75 Å². The van der Waals surface area contributed by atoms with E-state index in [0.29, 0.717) is 31.9 Å². The van der Waals surface area contributed by atoms with Crippen LogP contribution in [0.25, 0.3) is 6.08 Å². The zero-order valence-corrected chi connectivity index (χ0v) is 25.0. The molecule has 0 saturated carbocycles. The fourth-order valence-electron chi connectivity index (χ4n) is 4.81. The first kappa shape index (κ1) is 29.5. The maximum atomic E-state index is 14.0. The highest BCUT2D eigenvalue weighted by molar-refractivity contribution is 7.07. The van der Waals surface area contributed by atoms with E-state index < -0.39 is 16.9 Å². The van der Waals surface area contributed by atoms with Crippen LogP contribution in [-0.2, 0) is 16.1 Å². The molecule has 0 spiro atoms. The first-order valence-electron chi connectivity index (χ1n) is 13.6. The van der Waals surface area contributed by atoms with Crippen molar-refractivity contribution < 1.29 is 19.2 Å². The predicted octanol–water partition coefficient (Wildman–Crippen LogP) is 4.35. The number of thiazole rings is 1. The number of aromatic nitrogens is 1. The Balaban J connectivity index is 1.55. The van der Waals surface area contributed by atoms with Gasteiger partial charge in [0, 0.05) is 37.5 Å². The van der Waals surface area contributed by atoms with Crippen molar-refractivity contribution in [3.05, 3.63) is 131 Å². The number of nitro benzene ring substituents is 1. The summed E-state index contributed by atoms with van der Waals surface area (Å²) in [7, 11) is 3.89. The summed E-state index contributed by atoms with van der Waals surface area (Å²) in [5, 5.41) is 11.0. The Morgan fingerprint density at radius 3 is 2.44 bits per heavy atom. The Kier molecular flexibility index (Phi) is 8.53. The number of nitrogens with zero attached hydrogens (tertiary/aromatic N) is 4. The Hall–Kier alpha value is -5.03. The van der Waals surface area contributed by atoms with Crippen LogP contribution in [0.4, 0.5) is 11.4 Å². The van der Waals surface area contributed by atoms with E-state index in [0.717, 1.165) is 16.8 Å². The molecule has 4 aromatic rings. The number of fused-ring (bicyclic) bond motifs is 1. The summed E-state index contributed by atoms with van der Waals surface area (Å²) < 4.78 is 13.4. The van der Waals surface area contributed by atoms with Crippen molar-refractivity contribution in [2.45, 2.75) is 26.5 Å². The van der Waals surface area contributed by atoms with E-state index in [2.05, 4.69) is 4.99 Å². The maximum absolute atomic E-state index is 14.0. The number of hydrogen-bond acceptors (Lipinski definition) is 9. The SMILES string of the molecule is CCOC(=O)C1=C(C)N=c2s/c(=C\c3ccccc3OCc3ccc([N+](=O)[O-])cc3)c(=O)n2[C@@H]1c1ccc(N(C)C)cc1. The first-order valence-corrected chi connectivity index (χ1v) is 14.4. The summed E-state index contributed by atoms with van der Waals surface area (Å²) in [5.74, 6) is 0.0376. The molecule has 10 nitrogen and oxygen atoms in total. The Bertz CT molecular complexity index is 1890. The number of rotatable bonds is 9. The molecule has 5 rings (SSSR count). The molecule has 0 radical (unpaired) electrons. The van der Waals surface area contributed by atoms with Crippen LogP contribution < -0.4 is 24.5 Å². The minimum absolute atomic E-state index is 0.00724. The third-order valence-corrected chi connectivity index (χ3v) is 7.97. The van der Waals surface area contributed by atoms with E-state index in [9.17, 15) is 19.7 Å². The third kappa shape index (κ3) is 6.12. The van der Waals surface area contributed by atoms with Crippen LogP contribution in [0.2, 0.25) is 0 Å². The standard InChI is InChI=1S/C32H30N4O6S/c1-5-41-31(38)28-20(2)33-32-35(29(28)22-12-16-24(17-13-22)34(3)4)30(37)27(43-32)18-23-8-6-7-9-26(23)42-19-21-10-14-25(15-11-21)36(39)40/h6-18,29H,5,19H2,1-4H3/b27-18-/t29-/m1/s1. The highest BCUT2D eigenvalue weighted by Gasteiger charge is 2.33. The fraction of sp³-hybridized carbons (Fsp3) is 0.219. The second-order valence-electron chi connectivity index (χ2n) is 10.0. The second kappa shape index (κ2) is 12.5. The maximum Gasteiger partial charge on any atom is 0.338 e. The number of hydrogen-bond donors (Lipinski definition) is 0. The molecule has 0 saturated heterocycles. The molecule has 11 heteroatoms. The fourth-order valence-corrected chi connectivity index (χ4v) is 5.85. The van der Waals surface area contributed by atoms with Gasteiger partial charge in [-0.2, -0.15) is 0 Å². The molecule has 1 aliphatic rings. The van der Waals surface area contributed by atoms with E-state index in [1.165, 1.54) is 23.5 Å². The molecule has 0 unspecified atom stereocenters. The number of non-ortho nitro benzene ring substituents is 1. The molecule has 0 fully saturated rings. The topological polar surface area (TPSA) is 116 Å². The van der Waals surface area contributed by atoms with Crippen LogP contribution in [0.5, 0.6) is 5.75 Å². The predicted molar refractivity (Wildman–Crippen MR) is 165 cm³/mol. The number of anilines is 1. The lowest BCUT2D eigenvalue weighted by molar-refractivity contribution is -0.384. The molecule has 0 aliphatic carbocycles. The summed E-state index contributed by atoms with van der Waals surface area (Å²) in [5.41, 5.74) is 3.75. The number of para-hydroxylation sites is 1. The van der Waals surface area contributed by atoms with Gasteiger partial charge in [-0.15, -0.1) is 0 Å². The zero-order valence-electron chi connectivity index (χ0n) is 24.1. The molecule has 2 heterocycles. The second-order valence-corrected chi connectivity index (χ2v) is 11.0. The number of ether oxygens (including phenoxy) is 2. The highest BCUT2D eigenvalue weighted by Crippen LogP contribution is 2.31. The van der Waals surface area contributed by atoms with Crippen molar-refractivity contribution in [2.75, 3.05) is 25.6 Å². The van der Waals surface area contributed by atoms with Crippen molar-refractivity contribution in [1.82, 2.24) is 4.57 Å². The van der Waals surface area contributed by atoms with Crippen LogP contribution in [-0.4, -0.2) is 36.2 Å². The van der Waals surface area contributed by atoms with Gasteiger partial charge in [0.2, 0.25) is 0 Å². The van der Waals surface area contributed by atoms with Gasteiger partial charge < -0.3 is 14.4 Å². The molecule has 1 atom stereocenters. The number of carbonyl (C=O) groups excluding carboxylic acids is 1. The van der Waals surface area contributed by atoms with Gasteiger partial charge in [0.05, 0.1) is 33.4 Å². The summed E-state index contributed by atoms with van der Waals surface area (Å²) in [6.45, 7) is 3.88. The van der Waals surface area contributed by atoms with Gasteiger partial charge in [-0.25, -0.2) is 9.79 Å². The average Bonchev–Trinajstić information content (AvgIpc) is 3.30. The van der Waals surface area contributed by atoms with E-state index in [1.54, 1.807) is 42.7 Å². The van der Waals surface area contributed by atoms with Crippen molar-refractivity contribution in [1.29, 1.82) is 0 Å². The van der Waals surface area contributed by atoms with E-state index >= 15 is 0 Å². The number of benzene rings is 3. The van der Waals surface area contributed by atoms with Crippen LogP contribution in [0, 0.1) is 10.1 Å². The lowest BCUT2D eigenvalue weighted by atomic mass is 9.95. The van der Waals surface area contributed by atoms with E-state index in [1.807, 2.05) is 61.5 Å². The van der Waals surface area contributed by atoms with Crippen LogP contribution in [0.1, 0.15) is 36.6 Å². The third-order valence-electron chi connectivity index (χ3n) is 6.99. The Morgan fingerprint density at radius 1 is 1.09 bits per heavy atom. The quantitative estimate of drug-likeness (QED) is 0.160. The molecule has 0 N–H and O–H groups in total. The van der Waals surface area contributed by atoms with E-state index in [-0.39, 0.29) is 24.5 Å². The first-order chi connectivity index (χ1) is 20.7. The van der Waals surface area contributed by atoms with Crippen molar-refractivity contribution in [3.63, 3.8) is 0 Å². The van der Waals surface area contributed by atoms with Gasteiger partial charge in [-0.1, -0.05) is 41.7 Å². The van der Waals surface area contributed by atoms with Crippen molar-refractivity contribution in [2.24, 2.45) is 4.99 Å². The summed E-state index contributed by atoms with van der Waals surface area (Å²) >= 11 is 1.24. The molecule has 43 heavy (non-hydrogen) atoms. The summed E-state index contributed by atoms with van der Waals surface area (Å²) in [6.07, 6.45) is 1.75. The molecule has 0 amide bonds. The normalized spacial score (nSPS) is 14.6. The highest BCUT2D eigenvalue weighted by atomic mass is 32.1. The Morgan fingerprint density at radius 2 is 1.79 bits per heavy atom. The molecule has 3 aromatic carbocycles. The van der Waals surface area contributed by atoms with Crippen LogP contribution in [0.15, 0.2) is 93.9 Å². The van der Waals surface area contributed by atoms with Crippen molar-refractivity contribution >= 4 is 34.8 Å². The average molecular weight is 599 g/mol. The number of nitro groups is 1.